The Hall–Kier alpha value is -0.320. The second-order valence-electron chi connectivity index (χ2n) is 4.22. The number of amides is 1. The molecule has 4 nitrogen and oxygen atoms in total. The van der Waals surface area contributed by atoms with Crippen LogP contribution in [0.4, 0.5) is 0 Å². The number of fused-ring (bicyclic) bond motifs is 2. The van der Waals surface area contributed by atoms with Crippen LogP contribution in [0.2, 0.25) is 0 Å². The van der Waals surface area contributed by atoms with E-state index in [4.69, 9.17) is 5.73 Å². The van der Waals surface area contributed by atoms with Crippen LogP contribution in [0.15, 0.2) is 0 Å². The van der Waals surface area contributed by atoms with Gasteiger partial charge in [-0.15, -0.1) is 12.4 Å². The molecule has 2 aliphatic heterocycles. The van der Waals surface area contributed by atoms with E-state index in [0.717, 1.165) is 25.9 Å². The first-order chi connectivity index (χ1) is 6.83. The predicted molar refractivity (Wildman–Crippen MR) is 62.1 cm³/mol. The van der Waals surface area contributed by atoms with Gasteiger partial charge in [-0.05, 0) is 25.8 Å². The number of nitrogens with zero attached hydrogens (tertiary/aromatic N) is 1. The Kier molecular flexibility index (Phi) is 4.83. The zero-order valence-corrected chi connectivity index (χ0v) is 9.76. The van der Waals surface area contributed by atoms with Crippen LogP contribution >= 0.6 is 12.4 Å². The van der Waals surface area contributed by atoms with Crippen molar-refractivity contribution in [1.82, 2.24) is 10.2 Å². The maximum absolute atomic E-state index is 11.8. The second-order valence-corrected chi connectivity index (χ2v) is 4.22. The zero-order valence-electron chi connectivity index (χ0n) is 8.95. The molecule has 2 aliphatic rings. The van der Waals surface area contributed by atoms with Gasteiger partial charge in [0, 0.05) is 31.6 Å². The highest BCUT2D eigenvalue weighted by molar-refractivity contribution is 5.85. The number of hydrogen-bond donors (Lipinski definition) is 2. The smallest absolute Gasteiger partial charge is 0.224 e. The third-order valence-corrected chi connectivity index (χ3v) is 3.30. The minimum atomic E-state index is 0. The standard InChI is InChI=1S/C10H19N3O.ClH/c11-5-3-10(14)13-8-1-2-9(13)7-12-6-4-8;/h8-9,12H,1-7,11H2;1H. The fourth-order valence-corrected chi connectivity index (χ4v) is 2.64. The van der Waals surface area contributed by atoms with Crippen LogP contribution in [0.25, 0.3) is 0 Å². The third-order valence-electron chi connectivity index (χ3n) is 3.30. The summed E-state index contributed by atoms with van der Waals surface area (Å²) in [6.07, 6.45) is 3.95. The minimum absolute atomic E-state index is 0. The molecule has 2 saturated heterocycles. The van der Waals surface area contributed by atoms with Crippen LogP contribution in [-0.4, -0.2) is 42.5 Å². The normalized spacial score (nSPS) is 29.5. The molecule has 0 aromatic carbocycles. The molecule has 2 unspecified atom stereocenters. The van der Waals surface area contributed by atoms with Crippen molar-refractivity contribution in [2.45, 2.75) is 37.8 Å². The van der Waals surface area contributed by atoms with Crippen molar-refractivity contribution in [2.24, 2.45) is 5.73 Å². The van der Waals surface area contributed by atoms with Crippen LogP contribution in [0.1, 0.15) is 25.7 Å². The SMILES string of the molecule is Cl.NCCC(=O)N1C2CCNCC1CC2. The van der Waals surface area contributed by atoms with E-state index in [0.29, 0.717) is 25.0 Å². The molecule has 0 radical (unpaired) electrons. The third kappa shape index (κ3) is 2.62. The molecule has 0 saturated carbocycles. The molecule has 5 heteroatoms. The maximum Gasteiger partial charge on any atom is 0.224 e. The largest absolute Gasteiger partial charge is 0.335 e. The molecule has 2 atom stereocenters. The Morgan fingerprint density at radius 2 is 2.07 bits per heavy atom. The highest BCUT2D eigenvalue weighted by atomic mass is 35.5. The summed E-state index contributed by atoms with van der Waals surface area (Å²) in [6.45, 7) is 2.49. The van der Waals surface area contributed by atoms with Gasteiger partial charge in [-0.2, -0.15) is 0 Å². The first kappa shape index (κ1) is 12.7. The molecule has 0 aliphatic carbocycles. The number of halogens is 1. The summed E-state index contributed by atoms with van der Waals surface area (Å²) in [5.41, 5.74) is 5.42. The molecule has 2 fully saturated rings. The van der Waals surface area contributed by atoms with Gasteiger partial charge in [0.05, 0.1) is 0 Å². The Bertz CT molecular complexity index is 211. The van der Waals surface area contributed by atoms with Gasteiger partial charge in [0.1, 0.15) is 0 Å². The fourth-order valence-electron chi connectivity index (χ4n) is 2.64. The molecule has 15 heavy (non-hydrogen) atoms. The minimum Gasteiger partial charge on any atom is -0.335 e. The molecule has 2 rings (SSSR count). The zero-order chi connectivity index (χ0) is 9.97. The highest BCUT2D eigenvalue weighted by Crippen LogP contribution is 2.28. The molecule has 3 N–H and O–H groups in total. The molecule has 2 bridgehead atoms. The predicted octanol–water partition coefficient (Wildman–Crippen LogP) is 0.110. The topological polar surface area (TPSA) is 58.4 Å². The maximum atomic E-state index is 11.8. The number of carbonyl (C=O) groups is 1. The Labute approximate surface area is 97.0 Å². The molecular weight excluding hydrogens is 214 g/mol. The Balaban J connectivity index is 0.00000112. The second kappa shape index (κ2) is 5.68. The average molecular weight is 234 g/mol. The van der Waals surface area contributed by atoms with Gasteiger partial charge in [-0.1, -0.05) is 0 Å². The summed E-state index contributed by atoms with van der Waals surface area (Å²) in [5.74, 6) is 0.253. The van der Waals surface area contributed by atoms with Crippen molar-refractivity contribution in [1.29, 1.82) is 0 Å². The van der Waals surface area contributed by atoms with Gasteiger partial charge in [-0.3, -0.25) is 4.79 Å². The molecule has 0 spiro atoms. The lowest BCUT2D eigenvalue weighted by Crippen LogP contribution is -2.43. The molecular formula is C10H20ClN3O. The van der Waals surface area contributed by atoms with Crippen LogP contribution in [0.5, 0.6) is 0 Å². The van der Waals surface area contributed by atoms with E-state index in [1.807, 2.05) is 0 Å². The first-order valence-corrected chi connectivity index (χ1v) is 5.55. The van der Waals surface area contributed by atoms with E-state index in [1.54, 1.807) is 0 Å². The fraction of sp³-hybridized carbons (Fsp3) is 0.900. The van der Waals surface area contributed by atoms with Crippen LogP contribution in [0, 0.1) is 0 Å². The first-order valence-electron chi connectivity index (χ1n) is 5.55. The van der Waals surface area contributed by atoms with E-state index in [9.17, 15) is 4.79 Å². The lowest BCUT2D eigenvalue weighted by Gasteiger charge is -2.27. The van der Waals surface area contributed by atoms with Gasteiger partial charge in [0.25, 0.3) is 0 Å². The van der Waals surface area contributed by atoms with Crippen LogP contribution < -0.4 is 11.1 Å². The molecule has 88 valence electrons. The number of carbonyl (C=O) groups excluding carboxylic acids is 1. The molecule has 1 amide bonds. The molecule has 0 aromatic rings. The van der Waals surface area contributed by atoms with Gasteiger partial charge < -0.3 is 16.0 Å². The van der Waals surface area contributed by atoms with Crippen molar-refractivity contribution in [3.63, 3.8) is 0 Å². The number of nitrogens with one attached hydrogen (secondary N) is 1. The van der Waals surface area contributed by atoms with Crippen LogP contribution in [0.3, 0.4) is 0 Å². The molecule has 2 heterocycles. The quantitative estimate of drug-likeness (QED) is 0.712. The summed E-state index contributed by atoms with van der Waals surface area (Å²) >= 11 is 0. The summed E-state index contributed by atoms with van der Waals surface area (Å²) in [5, 5.41) is 3.38. The van der Waals surface area contributed by atoms with E-state index >= 15 is 0 Å². The average Bonchev–Trinajstić information content (AvgIpc) is 2.40. The monoisotopic (exact) mass is 233 g/mol. The van der Waals surface area contributed by atoms with Gasteiger partial charge in [0.2, 0.25) is 5.91 Å². The van der Waals surface area contributed by atoms with Crippen molar-refractivity contribution in [2.75, 3.05) is 19.6 Å². The number of hydrogen-bond acceptors (Lipinski definition) is 3. The van der Waals surface area contributed by atoms with Gasteiger partial charge >= 0.3 is 0 Å². The lowest BCUT2D eigenvalue weighted by molar-refractivity contribution is -0.133. The summed E-state index contributed by atoms with van der Waals surface area (Å²) in [4.78, 5) is 13.9. The van der Waals surface area contributed by atoms with E-state index < -0.39 is 0 Å². The summed E-state index contributed by atoms with van der Waals surface area (Å²) < 4.78 is 0. The lowest BCUT2D eigenvalue weighted by atomic mass is 10.1. The highest BCUT2D eigenvalue weighted by Gasteiger charge is 2.37. The van der Waals surface area contributed by atoms with E-state index in [-0.39, 0.29) is 18.3 Å². The molecule has 0 aromatic heterocycles. The van der Waals surface area contributed by atoms with Crippen molar-refractivity contribution < 1.29 is 4.79 Å². The summed E-state index contributed by atoms with van der Waals surface area (Å²) in [7, 11) is 0. The van der Waals surface area contributed by atoms with Crippen molar-refractivity contribution in [3.05, 3.63) is 0 Å². The van der Waals surface area contributed by atoms with Crippen molar-refractivity contribution in [3.8, 4) is 0 Å². The van der Waals surface area contributed by atoms with Gasteiger partial charge in [0.15, 0.2) is 0 Å². The summed E-state index contributed by atoms with van der Waals surface area (Å²) in [6, 6.07) is 0.913. The number of nitrogens with two attached hydrogens (primary N) is 1. The van der Waals surface area contributed by atoms with Crippen LogP contribution in [-0.2, 0) is 4.79 Å². The number of rotatable bonds is 2. The Morgan fingerprint density at radius 1 is 1.33 bits per heavy atom. The van der Waals surface area contributed by atoms with E-state index in [1.165, 1.54) is 6.42 Å². The Morgan fingerprint density at radius 3 is 2.80 bits per heavy atom. The van der Waals surface area contributed by atoms with Crippen molar-refractivity contribution >= 4 is 18.3 Å². The van der Waals surface area contributed by atoms with E-state index in [2.05, 4.69) is 10.2 Å². The van der Waals surface area contributed by atoms with Gasteiger partial charge in [-0.25, -0.2) is 0 Å².